The summed E-state index contributed by atoms with van der Waals surface area (Å²) in [5.74, 6) is -1.86. The van der Waals surface area contributed by atoms with E-state index in [1.807, 2.05) is 62.4 Å². The van der Waals surface area contributed by atoms with Crippen LogP contribution in [0.1, 0.15) is 62.5 Å². The van der Waals surface area contributed by atoms with E-state index >= 15 is 0 Å². The van der Waals surface area contributed by atoms with Crippen LogP contribution in [0.5, 0.6) is 0 Å². The van der Waals surface area contributed by atoms with E-state index in [9.17, 15) is 24.3 Å². The summed E-state index contributed by atoms with van der Waals surface area (Å²) in [6.07, 6.45) is 0.133. The van der Waals surface area contributed by atoms with Gasteiger partial charge in [-0.2, -0.15) is 0 Å². The first-order chi connectivity index (χ1) is 21.2. The fourth-order valence-electron chi connectivity index (χ4n) is 5.22. The molecule has 0 aliphatic rings. The molecule has 1 N–H and O–H groups in total. The van der Waals surface area contributed by atoms with E-state index < -0.39 is 17.7 Å². The van der Waals surface area contributed by atoms with Crippen LogP contribution in [0.4, 0.5) is 0 Å². The highest BCUT2D eigenvalue weighted by molar-refractivity contribution is 7.99. The number of benzene rings is 4. The molecule has 0 bridgehead atoms. The number of carbonyl (C=O) groups excluding carboxylic acids is 3. The maximum atomic E-state index is 13.7. The van der Waals surface area contributed by atoms with Gasteiger partial charge in [-0.1, -0.05) is 41.6 Å². The lowest BCUT2D eigenvalue weighted by molar-refractivity contribution is -0.140. The van der Waals surface area contributed by atoms with Gasteiger partial charge in [0.05, 0.1) is 5.56 Å². The Morgan fingerprint density at radius 1 is 0.841 bits per heavy atom. The highest BCUT2D eigenvalue weighted by Gasteiger charge is 2.20. The normalized spacial score (nSPS) is 11.6. The molecule has 0 radical (unpaired) electrons. The molecule has 1 heterocycles. The number of hydrogen-bond donors (Lipinski definition) is 1. The van der Waals surface area contributed by atoms with Crippen LogP contribution >= 0.6 is 11.8 Å². The molecule has 0 spiro atoms. The number of rotatable bonds is 11. The smallest absolute Gasteiger partial charge is 0.336 e. The number of carboxylic acid groups (broad SMARTS) is 1. The second-order valence-electron chi connectivity index (χ2n) is 10.2. The zero-order valence-corrected chi connectivity index (χ0v) is 25.3. The van der Waals surface area contributed by atoms with Gasteiger partial charge in [0.15, 0.2) is 5.78 Å². The van der Waals surface area contributed by atoms with Gasteiger partial charge < -0.3 is 14.5 Å². The fraction of sp³-hybridized carbons (Fsp3) is 0.171. The summed E-state index contributed by atoms with van der Waals surface area (Å²) in [6.45, 7) is 5.83. The molecule has 9 heteroatoms. The van der Waals surface area contributed by atoms with Gasteiger partial charge in [0, 0.05) is 69.0 Å². The van der Waals surface area contributed by atoms with Crippen LogP contribution in [-0.2, 0) is 16.2 Å². The molecule has 8 nitrogen and oxygen atoms in total. The Labute approximate surface area is 258 Å². The van der Waals surface area contributed by atoms with Crippen molar-refractivity contribution in [1.82, 2.24) is 4.57 Å². The summed E-state index contributed by atoms with van der Waals surface area (Å²) in [5.41, 5.74) is 4.49. The maximum Gasteiger partial charge on any atom is 0.336 e. The van der Waals surface area contributed by atoms with Crippen LogP contribution in [-0.4, -0.2) is 44.6 Å². The number of aromatic carboxylic acids is 1. The van der Waals surface area contributed by atoms with Crippen LogP contribution in [0.25, 0.3) is 21.8 Å². The van der Waals surface area contributed by atoms with Crippen molar-refractivity contribution in [2.75, 3.05) is 5.75 Å². The molecular formula is C35H30N2O6S. The van der Waals surface area contributed by atoms with E-state index in [4.69, 9.17) is 4.84 Å². The second kappa shape index (κ2) is 13.1. The highest BCUT2D eigenvalue weighted by atomic mass is 32.2. The summed E-state index contributed by atoms with van der Waals surface area (Å²) >= 11 is 1.28. The lowest BCUT2D eigenvalue weighted by Crippen LogP contribution is -2.17. The minimum Gasteiger partial charge on any atom is -0.478 e. The monoisotopic (exact) mass is 606 g/mol. The van der Waals surface area contributed by atoms with Crippen LogP contribution in [0.15, 0.2) is 95.0 Å². The Morgan fingerprint density at radius 3 is 2.09 bits per heavy atom. The molecular weight excluding hydrogens is 576 g/mol. The molecule has 44 heavy (non-hydrogen) atoms. The quantitative estimate of drug-likeness (QED) is 0.0550. The predicted molar refractivity (Wildman–Crippen MR) is 172 cm³/mol. The Balaban J connectivity index is 1.50. The SMILES string of the molecule is CCn1c2ccc(C(=O)C(CCSc3ccccc3C(=O)O)=NOC(C)=O)cc2c2cc(C(=O)c3ccccc3C)ccc21. The van der Waals surface area contributed by atoms with E-state index in [2.05, 4.69) is 9.72 Å². The number of aromatic nitrogens is 1. The lowest BCUT2D eigenvalue weighted by atomic mass is 9.97. The molecule has 1 aromatic heterocycles. The molecule has 5 aromatic rings. The minimum atomic E-state index is -1.04. The Bertz CT molecular complexity index is 1970. The van der Waals surface area contributed by atoms with Crippen molar-refractivity contribution in [3.05, 3.63) is 113 Å². The Kier molecular flexibility index (Phi) is 9.06. The topological polar surface area (TPSA) is 115 Å². The molecule has 0 saturated heterocycles. The molecule has 0 amide bonds. The number of fused-ring (bicyclic) bond motifs is 3. The van der Waals surface area contributed by atoms with Crippen molar-refractivity contribution in [2.24, 2.45) is 5.16 Å². The zero-order chi connectivity index (χ0) is 31.4. The third-order valence-corrected chi connectivity index (χ3v) is 8.43. The standard InChI is InChI=1S/C35H30N2O6S/c1-4-37-30-15-13-23(33(39)25-10-6-5-9-21(25)2)19-27(30)28-20-24(14-16-31(28)37)34(40)29(36-43-22(3)38)17-18-44-32-12-8-7-11-26(32)35(41)42/h5-16,19-20H,4,17-18H2,1-3H3,(H,41,42). The van der Waals surface area contributed by atoms with Crippen molar-refractivity contribution in [1.29, 1.82) is 0 Å². The lowest BCUT2D eigenvalue weighted by Gasteiger charge is -2.08. The summed E-state index contributed by atoms with van der Waals surface area (Å²) in [7, 11) is 0. The number of thioether (sulfide) groups is 1. The van der Waals surface area contributed by atoms with Crippen LogP contribution in [0.2, 0.25) is 0 Å². The van der Waals surface area contributed by atoms with Gasteiger partial charge in [0.1, 0.15) is 5.71 Å². The number of aryl methyl sites for hydroxylation is 2. The van der Waals surface area contributed by atoms with Gasteiger partial charge in [-0.15, -0.1) is 11.8 Å². The molecule has 222 valence electrons. The van der Waals surface area contributed by atoms with Crippen molar-refractivity contribution >= 4 is 62.8 Å². The highest BCUT2D eigenvalue weighted by Crippen LogP contribution is 2.32. The second-order valence-corrected chi connectivity index (χ2v) is 11.3. The van der Waals surface area contributed by atoms with Gasteiger partial charge >= 0.3 is 11.9 Å². The molecule has 4 aromatic carbocycles. The number of Topliss-reactive ketones (excluding diaryl/α,β-unsaturated/α-hetero) is 1. The van der Waals surface area contributed by atoms with Crippen LogP contribution in [0.3, 0.4) is 0 Å². The molecule has 5 rings (SSSR count). The first kappa shape index (κ1) is 30.4. The van der Waals surface area contributed by atoms with Crippen molar-refractivity contribution < 1.29 is 29.1 Å². The first-order valence-corrected chi connectivity index (χ1v) is 15.1. The van der Waals surface area contributed by atoms with Gasteiger partial charge in [0.25, 0.3) is 0 Å². The number of oxime groups is 1. The van der Waals surface area contributed by atoms with Gasteiger partial charge in [-0.25, -0.2) is 9.59 Å². The van der Waals surface area contributed by atoms with Crippen molar-refractivity contribution in [3.8, 4) is 0 Å². The zero-order valence-electron chi connectivity index (χ0n) is 24.5. The van der Waals surface area contributed by atoms with Crippen molar-refractivity contribution in [2.45, 2.75) is 38.6 Å². The number of carboxylic acids is 1. The summed E-state index contributed by atoms with van der Waals surface area (Å²) in [5, 5.41) is 15.0. The fourth-order valence-corrected chi connectivity index (χ4v) is 6.22. The summed E-state index contributed by atoms with van der Waals surface area (Å²) < 4.78 is 2.13. The molecule has 0 aliphatic carbocycles. The summed E-state index contributed by atoms with van der Waals surface area (Å²) in [4.78, 5) is 55.7. The Hall–Kier alpha value is -5.02. The van der Waals surface area contributed by atoms with E-state index in [0.29, 0.717) is 33.9 Å². The third kappa shape index (κ3) is 6.18. The first-order valence-electron chi connectivity index (χ1n) is 14.1. The average molecular weight is 607 g/mol. The predicted octanol–water partition coefficient (Wildman–Crippen LogP) is 7.34. The van der Waals surface area contributed by atoms with E-state index in [0.717, 1.165) is 27.4 Å². The number of carbonyl (C=O) groups is 4. The molecule has 0 saturated carbocycles. The Morgan fingerprint density at radius 2 is 1.45 bits per heavy atom. The average Bonchev–Trinajstić information content (AvgIpc) is 3.34. The van der Waals surface area contributed by atoms with Crippen LogP contribution < -0.4 is 0 Å². The molecule has 0 atom stereocenters. The van der Waals surface area contributed by atoms with E-state index in [-0.39, 0.29) is 23.5 Å². The van der Waals surface area contributed by atoms with Gasteiger partial charge in [0.2, 0.25) is 5.78 Å². The van der Waals surface area contributed by atoms with Crippen LogP contribution in [0, 0.1) is 6.92 Å². The number of hydrogen-bond acceptors (Lipinski definition) is 7. The number of ketones is 2. The number of nitrogens with zero attached hydrogens (tertiary/aromatic N) is 2. The van der Waals surface area contributed by atoms with E-state index in [1.54, 1.807) is 30.3 Å². The van der Waals surface area contributed by atoms with Gasteiger partial charge in [-0.3, -0.25) is 9.59 Å². The van der Waals surface area contributed by atoms with Gasteiger partial charge in [-0.05, 0) is 67.9 Å². The largest absolute Gasteiger partial charge is 0.478 e. The minimum absolute atomic E-state index is 0.0366. The van der Waals surface area contributed by atoms with E-state index in [1.165, 1.54) is 24.8 Å². The third-order valence-electron chi connectivity index (χ3n) is 7.36. The molecule has 0 aliphatic heterocycles. The van der Waals surface area contributed by atoms with Crippen molar-refractivity contribution in [3.63, 3.8) is 0 Å². The molecule has 0 unspecified atom stereocenters. The maximum absolute atomic E-state index is 13.7. The summed E-state index contributed by atoms with van der Waals surface area (Å²) in [6, 6.07) is 25.1. The molecule has 0 fully saturated rings.